The summed E-state index contributed by atoms with van der Waals surface area (Å²) in [6, 6.07) is 0. The number of hydrogen-bond donors (Lipinski definition) is 1. The van der Waals surface area contributed by atoms with E-state index < -0.39 is 39.3 Å². The first-order valence-electron chi connectivity index (χ1n) is 3.93. The summed E-state index contributed by atoms with van der Waals surface area (Å²) in [4.78, 5) is 0. The minimum absolute atomic E-state index is 1.64. The molecule has 0 aliphatic rings. The molecule has 0 aliphatic carbocycles. The molecule has 0 aliphatic heterocycles. The second kappa shape index (κ2) is 4.77. The molecule has 0 heterocycles. The van der Waals surface area contributed by atoms with Gasteiger partial charge in [0, 0.05) is 0 Å². The second-order valence-corrected chi connectivity index (χ2v) is 4.57. The second-order valence-electron chi connectivity index (χ2n) is 3.10. The van der Waals surface area contributed by atoms with Gasteiger partial charge in [0.1, 0.15) is 5.57 Å². The van der Waals surface area contributed by atoms with E-state index in [0.717, 1.165) is 0 Å². The van der Waals surface area contributed by atoms with Crippen LogP contribution in [0.25, 0.3) is 0 Å². The van der Waals surface area contributed by atoms with Gasteiger partial charge in [-0.2, -0.15) is 47.9 Å². The van der Waals surface area contributed by atoms with Crippen LogP contribution in [0.5, 0.6) is 0 Å². The van der Waals surface area contributed by atoms with Crippen molar-refractivity contribution < 1.29 is 57.2 Å². The van der Waals surface area contributed by atoms with E-state index in [9.17, 15) is 47.9 Å². The van der Waals surface area contributed by atoms with E-state index in [0.29, 0.717) is 0 Å². The van der Waals surface area contributed by atoms with Gasteiger partial charge in [0.2, 0.25) is 0 Å². The molecular weight excluding hydrogens is 339 g/mol. The van der Waals surface area contributed by atoms with Gasteiger partial charge in [0.15, 0.2) is 0 Å². The van der Waals surface area contributed by atoms with Crippen molar-refractivity contribution in [2.45, 2.75) is 23.6 Å². The summed E-state index contributed by atoms with van der Waals surface area (Å²) in [6.07, 6.45) is -18.7. The molecule has 0 aromatic carbocycles. The Balaban J connectivity index is 5.56. The zero-order valence-electron chi connectivity index (χ0n) is 8.69. The Morgan fingerprint density at radius 2 is 1.30 bits per heavy atom. The summed E-state index contributed by atoms with van der Waals surface area (Å²) in [6.45, 7) is 1.64. The van der Waals surface area contributed by atoms with Crippen molar-refractivity contribution in [3.8, 4) is 0 Å². The first-order chi connectivity index (χ1) is 8.36. The smallest absolute Gasteiger partial charge is 0.281 e. The molecule has 14 heteroatoms. The lowest BCUT2D eigenvalue weighted by atomic mass is 10.3. The van der Waals surface area contributed by atoms with Crippen LogP contribution >= 0.6 is 0 Å². The molecule has 0 atom stereocenters. The van der Waals surface area contributed by atoms with Gasteiger partial charge in [-0.15, -0.1) is 0 Å². The highest BCUT2D eigenvalue weighted by molar-refractivity contribution is 7.86. The molecule has 0 saturated carbocycles. The average Bonchev–Trinajstić information content (AvgIpc) is 2.11. The Hall–Kier alpha value is -1.02. The topological polar surface area (TPSA) is 63.6 Å². The molecule has 0 rings (SSSR count). The fourth-order valence-corrected chi connectivity index (χ4v) is 0.939. The molecule has 0 spiro atoms. The molecule has 0 aromatic heterocycles. The van der Waals surface area contributed by atoms with Crippen molar-refractivity contribution in [1.82, 2.24) is 0 Å². The Bertz CT molecular complexity index is 491. The maximum absolute atomic E-state index is 12.6. The van der Waals surface area contributed by atoms with E-state index in [1.165, 1.54) is 0 Å². The number of ether oxygens (including phenoxy) is 1. The highest BCUT2D eigenvalue weighted by Crippen LogP contribution is 2.46. The van der Waals surface area contributed by atoms with Gasteiger partial charge in [0.25, 0.3) is 0 Å². The Labute approximate surface area is 104 Å². The molecule has 4 nitrogen and oxygen atoms in total. The first-order valence-corrected chi connectivity index (χ1v) is 5.37. The third kappa shape index (κ3) is 3.54. The molecule has 0 aromatic rings. The molecule has 0 bridgehead atoms. The maximum Gasteiger partial charge on any atom is 0.460 e. The average molecular weight is 342 g/mol. The summed E-state index contributed by atoms with van der Waals surface area (Å²) in [5.41, 5.74) is -3.28. The van der Waals surface area contributed by atoms with Crippen LogP contribution in [0, 0.1) is 0 Å². The zero-order valence-corrected chi connectivity index (χ0v) is 9.51. The van der Waals surface area contributed by atoms with Crippen molar-refractivity contribution in [1.29, 1.82) is 0 Å². The van der Waals surface area contributed by atoms with Crippen LogP contribution in [0.2, 0.25) is 0 Å². The first kappa shape index (κ1) is 19.0. The predicted octanol–water partition coefficient (Wildman–Crippen LogP) is 2.79. The molecule has 0 radical (unpaired) electrons. The van der Waals surface area contributed by atoms with Crippen molar-refractivity contribution in [3.05, 3.63) is 12.2 Å². The summed E-state index contributed by atoms with van der Waals surface area (Å²) in [7, 11) is -6.95. The minimum atomic E-state index is -6.95. The SMILES string of the molecule is C=C(C(F)(F)F)C(F)(F)OC(F)(F)C(F)(F)S(=O)(=O)O. The van der Waals surface area contributed by atoms with Gasteiger partial charge in [-0.25, -0.2) is 4.74 Å². The van der Waals surface area contributed by atoms with Crippen molar-refractivity contribution >= 4 is 10.1 Å². The molecule has 0 fully saturated rings. The molecule has 1 N–H and O–H groups in total. The fourth-order valence-electron chi connectivity index (χ4n) is 0.597. The van der Waals surface area contributed by atoms with Gasteiger partial charge in [-0.3, -0.25) is 4.55 Å². The van der Waals surface area contributed by atoms with Crippen molar-refractivity contribution in [3.63, 3.8) is 0 Å². The quantitative estimate of drug-likeness (QED) is 0.474. The molecule has 20 heavy (non-hydrogen) atoms. The summed E-state index contributed by atoms with van der Waals surface area (Å²) >= 11 is 0. The summed E-state index contributed by atoms with van der Waals surface area (Å²) < 4.78 is 140. The monoisotopic (exact) mass is 342 g/mol. The van der Waals surface area contributed by atoms with Gasteiger partial charge in [0.05, 0.1) is 0 Å². The molecule has 0 saturated heterocycles. The lowest BCUT2D eigenvalue weighted by Crippen LogP contribution is -2.52. The standard InChI is InChI=1S/C6H3F9O4S/c1-2(3(7,8)9)4(10,11)19-5(12,13)6(14,15)20(16,17)18/h1H2,(H,16,17,18). The van der Waals surface area contributed by atoms with Crippen LogP contribution in [0.15, 0.2) is 12.2 Å². The number of hydrogen-bond acceptors (Lipinski definition) is 3. The van der Waals surface area contributed by atoms with Gasteiger partial charge < -0.3 is 0 Å². The fraction of sp³-hybridized carbons (Fsp3) is 0.667. The van der Waals surface area contributed by atoms with Crippen LogP contribution in [0.1, 0.15) is 0 Å². The summed E-state index contributed by atoms with van der Waals surface area (Å²) in [5, 5.41) is -6.62. The lowest BCUT2D eigenvalue weighted by Gasteiger charge is -2.28. The van der Waals surface area contributed by atoms with Crippen molar-refractivity contribution in [2.24, 2.45) is 0 Å². The molecule has 0 unspecified atom stereocenters. The largest absolute Gasteiger partial charge is 0.460 e. The van der Waals surface area contributed by atoms with Gasteiger partial charge in [-0.05, 0) is 0 Å². The highest BCUT2D eigenvalue weighted by atomic mass is 32.2. The normalized spacial score (nSPS) is 15.3. The molecule has 0 amide bonds. The number of rotatable bonds is 5. The van der Waals surface area contributed by atoms with Crippen LogP contribution in [0.4, 0.5) is 39.5 Å². The van der Waals surface area contributed by atoms with Crippen molar-refractivity contribution in [2.75, 3.05) is 0 Å². The Morgan fingerprint density at radius 3 is 1.55 bits per heavy atom. The van der Waals surface area contributed by atoms with E-state index in [-0.39, 0.29) is 0 Å². The van der Waals surface area contributed by atoms with E-state index >= 15 is 0 Å². The van der Waals surface area contributed by atoms with Gasteiger partial charge >= 0.3 is 33.8 Å². The van der Waals surface area contributed by atoms with E-state index in [4.69, 9.17) is 4.55 Å². The molecular formula is C6H3F9O4S. The predicted molar refractivity (Wildman–Crippen MR) is 42.7 cm³/mol. The third-order valence-electron chi connectivity index (χ3n) is 1.61. The van der Waals surface area contributed by atoms with Crippen LogP contribution in [-0.2, 0) is 14.9 Å². The third-order valence-corrected chi connectivity index (χ3v) is 2.50. The number of halogens is 9. The minimum Gasteiger partial charge on any atom is -0.281 e. The van der Waals surface area contributed by atoms with E-state index in [1.807, 2.05) is 4.74 Å². The lowest BCUT2D eigenvalue weighted by molar-refractivity contribution is -0.408. The van der Waals surface area contributed by atoms with E-state index in [1.54, 1.807) is 6.58 Å². The summed E-state index contributed by atoms with van der Waals surface area (Å²) in [5.74, 6) is 0. The highest BCUT2D eigenvalue weighted by Gasteiger charge is 2.71. The van der Waals surface area contributed by atoms with E-state index in [2.05, 4.69) is 0 Å². The Morgan fingerprint density at radius 1 is 0.950 bits per heavy atom. The van der Waals surface area contributed by atoms with Crippen LogP contribution < -0.4 is 0 Å². The van der Waals surface area contributed by atoms with Crippen LogP contribution in [-0.4, -0.2) is 36.6 Å². The Kier molecular flexibility index (Phi) is 4.52. The molecule has 120 valence electrons. The maximum atomic E-state index is 12.6. The zero-order chi connectivity index (χ0) is 16.8. The number of alkyl halides is 9. The van der Waals surface area contributed by atoms with Gasteiger partial charge in [-0.1, -0.05) is 6.58 Å². The van der Waals surface area contributed by atoms with Crippen LogP contribution in [0.3, 0.4) is 0 Å².